The van der Waals surface area contributed by atoms with Crippen LogP contribution in [0.15, 0.2) is 24.3 Å². The van der Waals surface area contributed by atoms with E-state index in [1.165, 1.54) is 6.07 Å². The molecule has 1 aliphatic carbocycles. The lowest BCUT2D eigenvalue weighted by atomic mass is 9.94. The van der Waals surface area contributed by atoms with Crippen LogP contribution in [-0.2, 0) is 17.8 Å². The second kappa shape index (κ2) is 7.30. The van der Waals surface area contributed by atoms with E-state index in [1.54, 1.807) is 11.0 Å². The smallest absolute Gasteiger partial charge is 0.481 e. The van der Waals surface area contributed by atoms with Gasteiger partial charge in [-0.15, -0.1) is 13.2 Å². The van der Waals surface area contributed by atoms with Gasteiger partial charge in [0.1, 0.15) is 17.4 Å². The van der Waals surface area contributed by atoms with E-state index in [-0.39, 0.29) is 36.1 Å². The molecule has 1 fully saturated rings. The summed E-state index contributed by atoms with van der Waals surface area (Å²) in [6.07, 6.45) is -4.39. The van der Waals surface area contributed by atoms with E-state index in [2.05, 4.69) is 4.74 Å². The summed E-state index contributed by atoms with van der Waals surface area (Å²) < 4.78 is 70.3. The zero-order chi connectivity index (χ0) is 21.8. The minimum Gasteiger partial charge on any atom is -0.481 e. The van der Waals surface area contributed by atoms with E-state index in [0.717, 1.165) is 6.07 Å². The summed E-state index contributed by atoms with van der Waals surface area (Å²) in [7, 11) is 0. The lowest BCUT2D eigenvalue weighted by Crippen LogP contribution is -2.31. The number of fused-ring (bicyclic) bond motifs is 1. The van der Waals surface area contributed by atoms with Crippen molar-refractivity contribution in [2.75, 3.05) is 11.4 Å². The maximum absolute atomic E-state index is 15.0. The minimum absolute atomic E-state index is 0.0131. The summed E-state index contributed by atoms with van der Waals surface area (Å²) in [6, 6.07) is 4.75. The number of hydrogen-bond donors (Lipinski definition) is 1. The number of aliphatic carboxylic acids is 1. The Bertz CT molecular complexity index is 1030. The van der Waals surface area contributed by atoms with Gasteiger partial charge in [0, 0.05) is 31.1 Å². The highest BCUT2D eigenvalue weighted by atomic mass is 35.5. The number of halogens is 6. The van der Waals surface area contributed by atoms with Crippen LogP contribution >= 0.6 is 11.6 Å². The maximum Gasteiger partial charge on any atom is 0.573 e. The van der Waals surface area contributed by atoms with E-state index in [4.69, 9.17) is 16.7 Å². The number of carboxylic acids is 1. The molecule has 10 heteroatoms. The molecule has 1 saturated carbocycles. The number of carboxylic acid groups (broad SMARTS) is 1. The second-order valence-electron chi connectivity index (χ2n) is 7.35. The van der Waals surface area contributed by atoms with E-state index in [0.29, 0.717) is 29.2 Å². The second-order valence-corrected chi connectivity index (χ2v) is 7.73. The third kappa shape index (κ3) is 3.90. The van der Waals surface area contributed by atoms with Gasteiger partial charge in [-0.3, -0.25) is 4.79 Å². The van der Waals surface area contributed by atoms with E-state index >= 15 is 0 Å². The van der Waals surface area contributed by atoms with Gasteiger partial charge in [0.25, 0.3) is 0 Å². The molecule has 2 aromatic rings. The first-order chi connectivity index (χ1) is 14.0. The quantitative estimate of drug-likeness (QED) is 0.649. The Kier molecular flexibility index (Phi) is 5.04. The van der Waals surface area contributed by atoms with Crippen molar-refractivity contribution in [1.29, 1.82) is 0 Å². The number of rotatable bonds is 4. The molecule has 1 aliphatic heterocycles. The fourth-order valence-corrected chi connectivity index (χ4v) is 4.13. The molecular weight excluding hydrogens is 433 g/mol. The normalized spacial score (nSPS) is 20.7. The fraction of sp³-hybridized carbons (Fsp3) is 0.350. The summed E-state index contributed by atoms with van der Waals surface area (Å²) in [5, 5.41) is 8.71. The van der Waals surface area contributed by atoms with Gasteiger partial charge in [0.2, 0.25) is 0 Å². The third-order valence-corrected chi connectivity index (χ3v) is 5.80. The Hall–Kier alpha value is -2.55. The number of ether oxygens (including phenoxy) is 1. The monoisotopic (exact) mass is 447 g/mol. The summed E-state index contributed by atoms with van der Waals surface area (Å²) in [4.78, 5) is 12.6. The molecule has 4 nitrogen and oxygen atoms in total. The molecule has 1 heterocycles. The molecule has 0 radical (unpaired) electrons. The van der Waals surface area contributed by atoms with Crippen LogP contribution in [0.1, 0.15) is 29.0 Å². The van der Waals surface area contributed by atoms with Crippen molar-refractivity contribution >= 4 is 23.3 Å². The molecule has 1 N–H and O–H groups in total. The Labute approximate surface area is 172 Å². The highest BCUT2D eigenvalue weighted by molar-refractivity contribution is 6.33. The van der Waals surface area contributed by atoms with Gasteiger partial charge in [-0.1, -0.05) is 23.7 Å². The van der Waals surface area contributed by atoms with Gasteiger partial charge in [-0.2, -0.15) is 0 Å². The molecule has 0 spiro atoms. The molecule has 2 aliphatic rings. The van der Waals surface area contributed by atoms with Crippen LogP contribution in [0.2, 0.25) is 5.02 Å². The summed E-state index contributed by atoms with van der Waals surface area (Å²) in [5.74, 6) is -4.15. The topological polar surface area (TPSA) is 49.8 Å². The average molecular weight is 448 g/mol. The molecular formula is C20H15ClF5NO3. The number of carbonyl (C=O) groups is 1. The van der Waals surface area contributed by atoms with E-state index in [1.807, 2.05) is 0 Å². The summed E-state index contributed by atoms with van der Waals surface area (Å²) in [5.41, 5.74) is 1.38. The first-order valence-corrected chi connectivity index (χ1v) is 9.45. The van der Waals surface area contributed by atoms with E-state index in [9.17, 15) is 26.7 Å². The third-order valence-electron chi connectivity index (χ3n) is 5.43. The molecule has 0 unspecified atom stereocenters. The standard InChI is InChI=1S/C20H15ClF5NO3/c21-17-15(22)5-10(30-20(24,25)26)6-16(17)27-4-3-11-9(8-27)1-2-12(18(11)23)13-7-14(13)19(28)29/h1-2,5-6,13-14H,3-4,7-8H2,(H,28,29)/t13-,14+/m0/s1. The molecule has 4 rings (SSSR count). The molecule has 0 amide bonds. The molecule has 160 valence electrons. The number of anilines is 1. The molecule has 2 aromatic carbocycles. The predicted molar refractivity (Wildman–Crippen MR) is 97.7 cm³/mol. The number of alkyl halides is 3. The summed E-state index contributed by atoms with van der Waals surface area (Å²) in [6.45, 7) is 0.295. The van der Waals surface area contributed by atoms with Gasteiger partial charge in [0.05, 0.1) is 16.6 Å². The van der Waals surface area contributed by atoms with Crippen molar-refractivity contribution in [3.8, 4) is 5.75 Å². The Balaban J connectivity index is 1.61. The van der Waals surface area contributed by atoms with Crippen LogP contribution in [-0.4, -0.2) is 24.0 Å². The molecule has 0 aromatic heterocycles. The lowest BCUT2D eigenvalue weighted by molar-refractivity contribution is -0.274. The number of hydrogen-bond acceptors (Lipinski definition) is 3. The Morgan fingerprint density at radius 3 is 2.60 bits per heavy atom. The van der Waals surface area contributed by atoms with Crippen molar-refractivity contribution in [3.05, 3.63) is 57.6 Å². The summed E-state index contributed by atoms with van der Waals surface area (Å²) >= 11 is 5.97. The zero-order valence-electron chi connectivity index (χ0n) is 15.3. The Morgan fingerprint density at radius 1 is 1.23 bits per heavy atom. The maximum atomic E-state index is 15.0. The highest BCUT2D eigenvalue weighted by Gasteiger charge is 2.46. The highest BCUT2D eigenvalue weighted by Crippen LogP contribution is 2.49. The van der Waals surface area contributed by atoms with E-state index < -0.39 is 35.6 Å². The van der Waals surface area contributed by atoms with Gasteiger partial charge < -0.3 is 14.7 Å². The first-order valence-electron chi connectivity index (χ1n) is 9.08. The van der Waals surface area contributed by atoms with Crippen molar-refractivity contribution in [3.63, 3.8) is 0 Å². The largest absolute Gasteiger partial charge is 0.573 e. The average Bonchev–Trinajstić information content (AvgIpc) is 3.44. The molecule has 0 saturated heterocycles. The van der Waals surface area contributed by atoms with Crippen molar-refractivity contribution < 1.29 is 36.6 Å². The van der Waals surface area contributed by atoms with Crippen LogP contribution < -0.4 is 9.64 Å². The predicted octanol–water partition coefficient (Wildman–Crippen LogP) is 5.27. The fourth-order valence-electron chi connectivity index (χ4n) is 3.91. The Morgan fingerprint density at radius 2 is 1.97 bits per heavy atom. The molecule has 30 heavy (non-hydrogen) atoms. The van der Waals surface area contributed by atoms with Crippen molar-refractivity contribution in [1.82, 2.24) is 0 Å². The first kappa shape index (κ1) is 20.7. The van der Waals surface area contributed by atoms with Crippen LogP contribution in [0, 0.1) is 17.6 Å². The van der Waals surface area contributed by atoms with Gasteiger partial charge in [-0.05, 0) is 29.5 Å². The van der Waals surface area contributed by atoms with Crippen LogP contribution in [0.4, 0.5) is 27.6 Å². The van der Waals surface area contributed by atoms with Crippen LogP contribution in [0.5, 0.6) is 5.75 Å². The van der Waals surface area contributed by atoms with Crippen LogP contribution in [0.25, 0.3) is 0 Å². The van der Waals surface area contributed by atoms with Crippen molar-refractivity contribution in [2.45, 2.75) is 31.7 Å². The van der Waals surface area contributed by atoms with Crippen LogP contribution in [0.3, 0.4) is 0 Å². The number of benzene rings is 2. The molecule has 2 atom stereocenters. The zero-order valence-corrected chi connectivity index (χ0v) is 16.0. The lowest BCUT2D eigenvalue weighted by Gasteiger charge is -2.32. The van der Waals surface area contributed by atoms with Gasteiger partial charge >= 0.3 is 12.3 Å². The van der Waals surface area contributed by atoms with Crippen molar-refractivity contribution in [2.24, 2.45) is 5.92 Å². The number of nitrogens with zero attached hydrogens (tertiary/aromatic N) is 1. The van der Waals surface area contributed by atoms with Gasteiger partial charge in [-0.25, -0.2) is 8.78 Å². The SMILES string of the molecule is O=C(O)[C@@H]1C[C@H]1c1ccc2c(c1F)CCN(c1cc(OC(F)(F)F)cc(F)c1Cl)C2. The molecule has 0 bridgehead atoms. The van der Waals surface area contributed by atoms with Gasteiger partial charge in [0.15, 0.2) is 0 Å². The minimum atomic E-state index is -4.98.